The first-order chi connectivity index (χ1) is 12.7. The molecule has 1 aliphatic heterocycles. The van der Waals surface area contributed by atoms with E-state index in [2.05, 4.69) is 4.74 Å². The van der Waals surface area contributed by atoms with Crippen LogP contribution in [0.25, 0.3) is 0 Å². The molecule has 0 aliphatic carbocycles. The van der Waals surface area contributed by atoms with Crippen molar-refractivity contribution in [1.29, 1.82) is 0 Å². The Bertz CT molecular complexity index is 609. The van der Waals surface area contributed by atoms with E-state index in [0.29, 0.717) is 6.42 Å². The van der Waals surface area contributed by atoms with E-state index >= 15 is 0 Å². The van der Waals surface area contributed by atoms with E-state index in [1.165, 1.54) is 0 Å². The first-order valence-electron chi connectivity index (χ1n) is 8.87. The fourth-order valence-electron chi connectivity index (χ4n) is 2.91. The Morgan fingerprint density at radius 3 is 1.96 bits per heavy atom. The highest BCUT2D eigenvalue weighted by Crippen LogP contribution is 2.35. The Morgan fingerprint density at radius 1 is 1.07 bits per heavy atom. The fraction of sp³-hybridized carbons (Fsp3) is 0.722. The summed E-state index contributed by atoms with van der Waals surface area (Å²) >= 11 is 0. The van der Waals surface area contributed by atoms with Crippen molar-refractivity contribution >= 4 is 29.7 Å². The van der Waals surface area contributed by atoms with Crippen molar-refractivity contribution in [2.24, 2.45) is 23.7 Å². The molecule has 4 N–H and O–H groups in total. The van der Waals surface area contributed by atoms with Crippen molar-refractivity contribution in [2.75, 3.05) is 0 Å². The average molecular weight is 404 g/mol. The van der Waals surface area contributed by atoms with Crippen molar-refractivity contribution in [3.8, 4) is 0 Å². The van der Waals surface area contributed by atoms with Crippen LogP contribution in [0.1, 0.15) is 53.4 Å². The summed E-state index contributed by atoms with van der Waals surface area (Å²) in [5.41, 5.74) is 0. The van der Waals surface area contributed by atoms with E-state index in [4.69, 9.17) is 15.3 Å². The topological polar surface area (TPSA) is 176 Å². The van der Waals surface area contributed by atoms with Gasteiger partial charge < -0.3 is 25.2 Å². The number of aliphatic carboxylic acids is 3. The fourth-order valence-corrected chi connectivity index (χ4v) is 2.91. The predicted octanol–water partition coefficient (Wildman–Crippen LogP) is 1.15. The second-order valence-electron chi connectivity index (χ2n) is 7.60. The van der Waals surface area contributed by atoms with Gasteiger partial charge in [0.05, 0.1) is 12.8 Å². The molecule has 0 saturated carbocycles. The van der Waals surface area contributed by atoms with Crippen molar-refractivity contribution in [3.63, 3.8) is 0 Å². The Hall–Kier alpha value is -2.49. The van der Waals surface area contributed by atoms with E-state index < -0.39 is 53.7 Å². The van der Waals surface area contributed by atoms with E-state index in [-0.39, 0.29) is 24.7 Å². The monoisotopic (exact) mass is 404 g/mol. The number of esters is 1. The second kappa shape index (κ2) is 10.7. The first kappa shape index (κ1) is 25.5. The van der Waals surface area contributed by atoms with Gasteiger partial charge in [-0.1, -0.05) is 27.7 Å². The van der Waals surface area contributed by atoms with Crippen LogP contribution < -0.4 is 0 Å². The Labute approximate surface area is 162 Å². The van der Waals surface area contributed by atoms with Crippen molar-refractivity contribution in [3.05, 3.63) is 0 Å². The van der Waals surface area contributed by atoms with Gasteiger partial charge in [0.1, 0.15) is 0 Å². The van der Waals surface area contributed by atoms with Crippen LogP contribution in [0.15, 0.2) is 0 Å². The number of hydrogen-bond acceptors (Lipinski definition) is 7. The van der Waals surface area contributed by atoms with Gasteiger partial charge in [-0.15, -0.1) is 0 Å². The molecule has 1 fully saturated rings. The summed E-state index contributed by atoms with van der Waals surface area (Å²) in [5.74, 6) is -9.43. The molecule has 3 atom stereocenters. The Balaban J connectivity index is 0.000000521. The molecule has 10 nitrogen and oxygen atoms in total. The van der Waals surface area contributed by atoms with Gasteiger partial charge in [0.25, 0.3) is 0 Å². The normalized spacial score (nSPS) is 22.2. The lowest BCUT2D eigenvalue weighted by Crippen LogP contribution is -2.44. The van der Waals surface area contributed by atoms with Crippen LogP contribution in [0.3, 0.4) is 0 Å². The van der Waals surface area contributed by atoms with Crippen molar-refractivity contribution in [2.45, 2.75) is 59.2 Å². The summed E-state index contributed by atoms with van der Waals surface area (Å²) in [6.07, 6.45) is 0.302. The summed E-state index contributed by atoms with van der Waals surface area (Å²) in [7, 11) is 0. The second-order valence-corrected chi connectivity index (χ2v) is 7.60. The number of ether oxygens (including phenoxy) is 1. The molecule has 0 radical (unpaired) electrons. The molecule has 0 amide bonds. The smallest absolute Gasteiger partial charge is 0.377 e. The van der Waals surface area contributed by atoms with Crippen LogP contribution in [0.5, 0.6) is 0 Å². The third kappa shape index (κ3) is 8.03. The highest BCUT2D eigenvalue weighted by Gasteiger charge is 2.54. The predicted molar refractivity (Wildman–Crippen MR) is 94.1 cm³/mol. The van der Waals surface area contributed by atoms with Crippen LogP contribution in [-0.4, -0.2) is 55.9 Å². The minimum absolute atomic E-state index is 0.0268. The average Bonchev–Trinajstić information content (AvgIpc) is 2.80. The number of rotatable bonds is 9. The van der Waals surface area contributed by atoms with Gasteiger partial charge in [0, 0.05) is 11.8 Å². The number of carbonyl (C=O) groups is 5. The van der Waals surface area contributed by atoms with E-state index in [1.807, 2.05) is 27.7 Å². The van der Waals surface area contributed by atoms with Gasteiger partial charge in [-0.2, -0.15) is 0 Å². The maximum absolute atomic E-state index is 11.1. The lowest BCUT2D eigenvalue weighted by molar-refractivity contribution is -0.220. The zero-order valence-electron chi connectivity index (χ0n) is 16.4. The summed E-state index contributed by atoms with van der Waals surface area (Å²) < 4.78 is 4.44. The van der Waals surface area contributed by atoms with E-state index in [0.717, 1.165) is 0 Å². The van der Waals surface area contributed by atoms with Crippen LogP contribution in [0, 0.1) is 23.7 Å². The molecular weight excluding hydrogens is 376 g/mol. The molecule has 1 heterocycles. The van der Waals surface area contributed by atoms with Gasteiger partial charge in [-0.05, 0) is 24.7 Å². The number of ketones is 1. The summed E-state index contributed by atoms with van der Waals surface area (Å²) in [6, 6.07) is 0. The van der Waals surface area contributed by atoms with Crippen molar-refractivity contribution in [1.82, 2.24) is 0 Å². The standard InChI is InChI=1S/2C9H14O5/c1-5(2)3-6-4-7(10)14-9(6,13)8(11)12;1-5(2)3-6(4-7(10)11)8(12)9(13)14/h5-6,13H,3-4H2,1-2H3,(H,11,12);5-6H,3-4H2,1-2H3,(H,10,11)(H,13,14). The molecule has 0 aromatic rings. The Kier molecular flexibility index (Phi) is 9.79. The van der Waals surface area contributed by atoms with Gasteiger partial charge in [0.15, 0.2) is 0 Å². The highest BCUT2D eigenvalue weighted by atomic mass is 16.7. The van der Waals surface area contributed by atoms with E-state index in [1.54, 1.807) is 0 Å². The summed E-state index contributed by atoms with van der Waals surface area (Å²) in [6.45, 7) is 7.41. The summed E-state index contributed by atoms with van der Waals surface area (Å²) in [5, 5.41) is 35.3. The molecule has 10 heteroatoms. The maximum atomic E-state index is 11.1. The molecule has 1 aliphatic rings. The van der Waals surface area contributed by atoms with Gasteiger partial charge in [-0.3, -0.25) is 14.4 Å². The lowest BCUT2D eigenvalue weighted by Gasteiger charge is -2.23. The molecule has 0 aromatic heterocycles. The molecule has 0 bridgehead atoms. The highest BCUT2D eigenvalue weighted by molar-refractivity contribution is 6.33. The zero-order chi connectivity index (χ0) is 22.2. The minimum atomic E-state index is -2.32. The minimum Gasteiger partial charge on any atom is -0.481 e. The number of aliphatic hydroxyl groups is 1. The third-order valence-corrected chi connectivity index (χ3v) is 4.06. The maximum Gasteiger partial charge on any atom is 0.377 e. The molecule has 1 rings (SSSR count). The number of cyclic esters (lactones) is 1. The SMILES string of the molecule is CC(C)CC(CC(=O)O)C(=O)C(=O)O.CC(C)CC1CC(=O)OC1(O)C(=O)O. The number of carboxylic acid groups (broad SMARTS) is 3. The molecule has 160 valence electrons. The quantitative estimate of drug-likeness (QED) is 0.322. The van der Waals surface area contributed by atoms with E-state index in [9.17, 15) is 29.1 Å². The van der Waals surface area contributed by atoms with Crippen LogP contribution in [0.2, 0.25) is 0 Å². The zero-order valence-corrected chi connectivity index (χ0v) is 16.4. The number of carbonyl (C=O) groups excluding carboxylic acids is 2. The first-order valence-corrected chi connectivity index (χ1v) is 8.87. The van der Waals surface area contributed by atoms with Crippen molar-refractivity contribution < 1.29 is 49.1 Å². The van der Waals surface area contributed by atoms with Gasteiger partial charge in [-0.25, -0.2) is 9.59 Å². The Morgan fingerprint density at radius 2 is 1.61 bits per heavy atom. The van der Waals surface area contributed by atoms with Gasteiger partial charge in [0.2, 0.25) is 5.78 Å². The molecule has 0 spiro atoms. The van der Waals surface area contributed by atoms with Crippen LogP contribution >= 0.6 is 0 Å². The molecule has 1 saturated heterocycles. The largest absolute Gasteiger partial charge is 0.481 e. The molecule has 0 aromatic carbocycles. The molecule has 3 unspecified atom stereocenters. The molecular formula is C18H28O10. The van der Waals surface area contributed by atoms with Crippen LogP contribution in [-0.2, 0) is 28.7 Å². The summed E-state index contributed by atoms with van der Waals surface area (Å²) in [4.78, 5) is 53.4. The van der Waals surface area contributed by atoms with Gasteiger partial charge >= 0.3 is 29.7 Å². The number of carboxylic acids is 3. The lowest BCUT2D eigenvalue weighted by atomic mass is 9.89. The number of Topliss-reactive ketones (excluding diaryl/α,β-unsaturated/α-hetero) is 1. The third-order valence-electron chi connectivity index (χ3n) is 4.06. The number of hydrogen-bond donors (Lipinski definition) is 4. The molecule has 28 heavy (non-hydrogen) atoms. The van der Waals surface area contributed by atoms with Crippen LogP contribution in [0.4, 0.5) is 0 Å².